The molecule has 0 aromatic heterocycles. The number of ether oxygens (including phenoxy) is 8. The Balaban J connectivity index is 0.000000198. The first-order valence-electron chi connectivity index (χ1n) is 26.0. The van der Waals surface area contributed by atoms with Gasteiger partial charge in [-0.25, -0.2) is 0 Å². The van der Waals surface area contributed by atoms with E-state index in [1.54, 1.807) is 47.0 Å². The fourth-order valence-electron chi connectivity index (χ4n) is 8.95. The monoisotopic (exact) mass is 1370 g/mol. The number of aliphatic hydroxyl groups is 2. The molecular weight excluding hydrogens is 1300 g/mol. The number of hydrogen-bond donors (Lipinski definition) is 2. The van der Waals surface area contributed by atoms with Gasteiger partial charge in [0.25, 0.3) is 0 Å². The molecule has 6 aromatic carbocycles. The molecule has 2 saturated heterocycles. The summed E-state index contributed by atoms with van der Waals surface area (Å²) in [6.45, 7) is 3.59. The minimum atomic E-state index is -0.569. The zero-order valence-corrected chi connectivity index (χ0v) is 51.3. The van der Waals surface area contributed by atoms with Crippen LogP contribution in [-0.2, 0) is 91.5 Å². The predicted octanol–water partition coefficient (Wildman–Crippen LogP) is 12.3. The molecule has 2 fully saturated rings. The fraction of sp³-hybridized carbons (Fsp3) is 0.367. The van der Waals surface area contributed by atoms with Crippen LogP contribution in [0.2, 0.25) is 0 Å². The Labute approximate surface area is 502 Å². The van der Waals surface area contributed by atoms with Gasteiger partial charge in [0.05, 0.1) is 65.9 Å². The third-order valence-electron chi connectivity index (χ3n) is 12.8. The van der Waals surface area contributed by atoms with Crippen LogP contribution in [0, 0.1) is 0 Å². The molecule has 0 unspecified atom stereocenters. The van der Waals surface area contributed by atoms with Gasteiger partial charge in [-0.3, -0.25) is 9.98 Å². The van der Waals surface area contributed by atoms with Crippen molar-refractivity contribution in [1.82, 2.24) is 0 Å². The summed E-state index contributed by atoms with van der Waals surface area (Å²) in [4.78, 5) is 9.24. The van der Waals surface area contributed by atoms with Crippen molar-refractivity contribution in [2.24, 2.45) is 9.98 Å². The second kappa shape index (κ2) is 35.4. The number of rotatable bonds is 22. The van der Waals surface area contributed by atoms with E-state index in [9.17, 15) is 10.2 Å². The average Bonchev–Trinajstić information content (AvgIpc) is 4.27. The molecule has 10 atom stereocenters. The number of thioether (sulfide) groups is 4. The molecule has 0 aliphatic carbocycles. The number of aliphatic hydroxyl groups excluding tert-OH is 2. The third kappa shape index (κ3) is 20.3. The summed E-state index contributed by atoms with van der Waals surface area (Å²) in [5, 5.41) is 20.8. The zero-order valence-electron chi connectivity index (χ0n) is 43.3. The van der Waals surface area contributed by atoms with Gasteiger partial charge in [-0.2, -0.15) is 0 Å². The number of hydrogen-bond acceptors (Lipinski definition) is 16. The van der Waals surface area contributed by atoms with E-state index in [1.807, 2.05) is 182 Å². The Kier molecular flexibility index (Phi) is 28.0. The first-order chi connectivity index (χ1) is 39.0. The molecule has 19 heteroatoms. The van der Waals surface area contributed by atoms with Crippen LogP contribution < -0.4 is 0 Å². The van der Waals surface area contributed by atoms with Crippen molar-refractivity contribution in [3.8, 4) is 0 Å². The topological polar surface area (TPSA) is 139 Å². The van der Waals surface area contributed by atoms with Gasteiger partial charge < -0.3 is 48.1 Å². The normalized spacial score (nSPS) is 24.6. The van der Waals surface area contributed by atoms with Gasteiger partial charge in [0.2, 0.25) is 0 Å². The second-order valence-electron chi connectivity index (χ2n) is 18.3. The van der Waals surface area contributed by atoms with Gasteiger partial charge in [0, 0.05) is 11.5 Å². The molecule has 4 aliphatic rings. The van der Waals surface area contributed by atoms with Crippen molar-refractivity contribution >= 4 is 82.7 Å². The van der Waals surface area contributed by atoms with Crippen LogP contribution in [0.25, 0.3) is 0 Å². The SMILES string of the molecule is OC[C@H]1O[C@@H](SC2=NCCS2)[C@H](OCc2ccccc2)[C@@H](OCc2ccccc2)[C@@H]1OCc1ccccc1.OC[C@H]1O[C@@H](SC2=NCCS2)[C@H](OCc2ccccc2)[C@@H](OCc2ccccc2)[C@@H]1OCc1ccccc1.[Br][Pd][Br]. The second-order valence-corrected chi connectivity index (χ2v) is 30.3. The van der Waals surface area contributed by atoms with Crippen LogP contribution >= 0.6 is 73.9 Å². The van der Waals surface area contributed by atoms with E-state index < -0.39 is 59.7 Å². The zero-order chi connectivity index (χ0) is 54.7. The number of halogens is 2. The first-order valence-corrected chi connectivity index (χ1v) is 36.8. The van der Waals surface area contributed by atoms with E-state index in [-0.39, 0.29) is 13.2 Å². The predicted molar refractivity (Wildman–Crippen MR) is 324 cm³/mol. The standard InChI is InChI=1S/2C30H33NO5S2.2BrH.Pd/c2*32-18-25-26(33-19-22-10-4-1-5-11-22)27(34-20-23-12-6-2-7-13-23)28(35-21-24-14-8-3-9-15-24)29(36-25)38-30-31-16-17-37-30;;;/h2*1-15,25-29,32H,16-21H2;2*1H;/q;;;;+2/p-2/t2*25-,26-,27+,28-,29+;;;/m11.../s1. The molecule has 12 nitrogen and oxygen atoms in total. The van der Waals surface area contributed by atoms with Gasteiger partial charge in [-0.1, -0.05) is 229 Å². The van der Waals surface area contributed by atoms with Crippen LogP contribution in [0.1, 0.15) is 33.4 Å². The molecule has 0 amide bonds. The van der Waals surface area contributed by atoms with Crippen LogP contribution in [0.5, 0.6) is 0 Å². The fourth-order valence-corrected chi connectivity index (χ4v) is 13.5. The summed E-state index contributed by atoms with van der Waals surface area (Å²) in [7, 11) is 0. The van der Waals surface area contributed by atoms with Crippen molar-refractivity contribution in [2.45, 2.75) is 99.3 Å². The van der Waals surface area contributed by atoms with Crippen molar-refractivity contribution in [3.05, 3.63) is 215 Å². The Bertz CT molecular complexity index is 2490. The number of aliphatic imine (C=N–C) groups is 2. The molecular formula is C60H66Br2N2O10PdS4. The molecule has 0 saturated carbocycles. The first kappa shape index (κ1) is 62.3. The van der Waals surface area contributed by atoms with Crippen molar-refractivity contribution in [3.63, 3.8) is 0 Å². The van der Waals surface area contributed by atoms with Crippen molar-refractivity contribution < 1.29 is 62.1 Å². The summed E-state index contributed by atoms with van der Waals surface area (Å²) in [5.41, 5.74) is 5.52. The van der Waals surface area contributed by atoms with Crippen LogP contribution in [-0.4, -0.2) is 116 Å². The molecule has 0 spiro atoms. The van der Waals surface area contributed by atoms with Crippen LogP contribution in [0.15, 0.2) is 192 Å². The van der Waals surface area contributed by atoms with Gasteiger partial charge in [-0.05, 0) is 33.4 Å². The summed E-state index contributed by atoms with van der Waals surface area (Å²) in [6.07, 6.45) is -4.04. The number of nitrogens with zero attached hydrogens (tertiary/aromatic N) is 2. The summed E-state index contributed by atoms with van der Waals surface area (Å²) in [5.74, 6) is 1.93. The van der Waals surface area contributed by atoms with E-state index in [0.29, 0.717) is 53.6 Å². The molecule has 4 heterocycles. The summed E-state index contributed by atoms with van der Waals surface area (Å²) >= 11 is 13.4. The van der Waals surface area contributed by atoms with Crippen LogP contribution in [0.3, 0.4) is 0 Å². The van der Waals surface area contributed by atoms with Gasteiger partial charge >= 0.3 is 40.8 Å². The Morgan fingerprint density at radius 1 is 0.405 bits per heavy atom. The summed E-state index contributed by atoms with van der Waals surface area (Å²) < 4.78 is 54.1. The number of benzene rings is 6. The third-order valence-corrected chi connectivity index (χ3v) is 17.5. The minimum absolute atomic E-state index is 0.188. The quantitative estimate of drug-likeness (QED) is 0.0623. The average molecular weight is 1370 g/mol. The van der Waals surface area contributed by atoms with E-state index in [2.05, 4.69) is 36.8 Å². The van der Waals surface area contributed by atoms with E-state index in [1.165, 1.54) is 0 Å². The maximum atomic E-state index is 10.4. The molecule has 2 N–H and O–H groups in total. The van der Waals surface area contributed by atoms with Gasteiger partial charge in [0.1, 0.15) is 68.5 Å². The molecule has 4 aliphatic heterocycles. The van der Waals surface area contributed by atoms with Crippen LogP contribution in [0.4, 0.5) is 0 Å². The van der Waals surface area contributed by atoms with E-state index in [0.717, 1.165) is 66.7 Å². The molecule has 10 rings (SSSR count). The van der Waals surface area contributed by atoms with Crippen molar-refractivity contribution in [2.75, 3.05) is 37.8 Å². The Hall–Kier alpha value is -2.72. The molecule has 0 bridgehead atoms. The Morgan fingerprint density at radius 3 is 0.873 bits per heavy atom. The molecule has 6 aromatic rings. The van der Waals surface area contributed by atoms with E-state index >= 15 is 0 Å². The van der Waals surface area contributed by atoms with Gasteiger partial charge in [0.15, 0.2) is 0 Å². The maximum absolute atomic E-state index is 10.4. The molecule has 424 valence electrons. The summed E-state index contributed by atoms with van der Waals surface area (Å²) in [6, 6.07) is 60.3. The molecule has 79 heavy (non-hydrogen) atoms. The molecule has 0 radical (unpaired) electrons. The van der Waals surface area contributed by atoms with E-state index in [4.69, 9.17) is 37.9 Å². The van der Waals surface area contributed by atoms with Gasteiger partial charge in [-0.15, -0.1) is 0 Å². The van der Waals surface area contributed by atoms with Crippen molar-refractivity contribution in [1.29, 1.82) is 0 Å². The Morgan fingerprint density at radius 2 is 0.646 bits per heavy atom.